The molecule has 0 aliphatic heterocycles. The summed E-state index contributed by atoms with van der Waals surface area (Å²) in [4.78, 5) is 26.6. The molecule has 0 aliphatic carbocycles. The summed E-state index contributed by atoms with van der Waals surface area (Å²) in [6.45, 7) is 1.64. The second-order valence-corrected chi connectivity index (χ2v) is 9.12. The molecule has 1 amide bonds. The molecule has 2 aromatic carbocycles. The van der Waals surface area contributed by atoms with Crippen molar-refractivity contribution in [3.05, 3.63) is 71.3 Å². The quantitative estimate of drug-likeness (QED) is 0.251. The number of nitrogens with zero attached hydrogens (tertiary/aromatic N) is 1. The molecule has 198 valence electrons. The van der Waals surface area contributed by atoms with Crippen LogP contribution in [0.1, 0.15) is 49.7 Å². The van der Waals surface area contributed by atoms with E-state index >= 15 is 0 Å². The van der Waals surface area contributed by atoms with Gasteiger partial charge in [0.15, 0.2) is 11.6 Å². The fraction of sp³-hybridized carbons (Fsp3) is 0.500. The van der Waals surface area contributed by atoms with Crippen LogP contribution in [0.4, 0.5) is 8.78 Å². The van der Waals surface area contributed by atoms with Crippen LogP contribution in [-0.2, 0) is 32.1 Å². The number of ether oxygens (including phenoxy) is 2. The van der Waals surface area contributed by atoms with E-state index in [0.717, 1.165) is 37.3 Å². The Balaban J connectivity index is 1.56. The van der Waals surface area contributed by atoms with Gasteiger partial charge in [-0.15, -0.1) is 0 Å². The Labute approximate surface area is 213 Å². The van der Waals surface area contributed by atoms with Gasteiger partial charge in [0.05, 0.1) is 19.1 Å². The van der Waals surface area contributed by atoms with E-state index in [-0.39, 0.29) is 30.9 Å². The summed E-state index contributed by atoms with van der Waals surface area (Å²) in [5, 5.41) is 2.96. The van der Waals surface area contributed by atoms with E-state index in [1.807, 2.05) is 49.3 Å². The summed E-state index contributed by atoms with van der Waals surface area (Å²) in [5.41, 5.74) is 1.24. The second-order valence-electron chi connectivity index (χ2n) is 9.12. The first-order valence-electron chi connectivity index (χ1n) is 12.5. The van der Waals surface area contributed by atoms with Crippen LogP contribution in [0.15, 0.2) is 48.5 Å². The van der Waals surface area contributed by atoms with E-state index in [1.165, 1.54) is 6.07 Å². The van der Waals surface area contributed by atoms with E-state index < -0.39 is 11.6 Å². The van der Waals surface area contributed by atoms with Crippen molar-refractivity contribution in [2.75, 3.05) is 33.9 Å². The number of esters is 1. The van der Waals surface area contributed by atoms with Crippen LogP contribution in [0.5, 0.6) is 0 Å². The third-order valence-corrected chi connectivity index (χ3v) is 5.60. The van der Waals surface area contributed by atoms with Gasteiger partial charge < -0.3 is 19.7 Å². The molecule has 1 N–H and O–H groups in total. The van der Waals surface area contributed by atoms with E-state index in [1.54, 1.807) is 6.07 Å². The van der Waals surface area contributed by atoms with Crippen molar-refractivity contribution in [3.63, 3.8) is 0 Å². The first-order chi connectivity index (χ1) is 17.3. The maximum atomic E-state index is 13.6. The SMILES string of the molecule is CN(C)CC(CC(=O)OCc1ccccc1)NC(=O)CCCCCCOCCc1cccc(F)c1F. The minimum atomic E-state index is -0.840. The zero-order valence-electron chi connectivity index (χ0n) is 21.3. The summed E-state index contributed by atoms with van der Waals surface area (Å²) < 4.78 is 37.7. The molecule has 0 radical (unpaired) electrons. The van der Waals surface area contributed by atoms with Crippen molar-refractivity contribution >= 4 is 11.9 Å². The maximum Gasteiger partial charge on any atom is 0.308 e. The first-order valence-corrected chi connectivity index (χ1v) is 12.5. The lowest BCUT2D eigenvalue weighted by molar-refractivity contribution is -0.145. The Morgan fingerprint density at radius 3 is 2.44 bits per heavy atom. The van der Waals surface area contributed by atoms with Gasteiger partial charge in [-0.1, -0.05) is 55.3 Å². The number of rotatable bonds is 17. The van der Waals surface area contributed by atoms with Crippen LogP contribution in [0.2, 0.25) is 0 Å². The first kappa shape index (κ1) is 29.4. The normalized spacial score (nSPS) is 11.9. The Morgan fingerprint density at radius 2 is 1.69 bits per heavy atom. The predicted molar refractivity (Wildman–Crippen MR) is 135 cm³/mol. The predicted octanol–water partition coefficient (Wildman–Crippen LogP) is 4.65. The highest BCUT2D eigenvalue weighted by Crippen LogP contribution is 2.12. The number of benzene rings is 2. The van der Waals surface area contributed by atoms with Crippen molar-refractivity contribution in [2.24, 2.45) is 0 Å². The fourth-order valence-electron chi connectivity index (χ4n) is 3.77. The van der Waals surface area contributed by atoms with Crippen LogP contribution < -0.4 is 5.32 Å². The molecule has 0 heterocycles. The highest BCUT2D eigenvalue weighted by atomic mass is 19.2. The number of amides is 1. The van der Waals surface area contributed by atoms with Crippen LogP contribution in [-0.4, -0.2) is 56.7 Å². The minimum absolute atomic E-state index is 0.0777. The largest absolute Gasteiger partial charge is 0.461 e. The van der Waals surface area contributed by atoms with Crippen molar-refractivity contribution in [3.8, 4) is 0 Å². The van der Waals surface area contributed by atoms with Gasteiger partial charge in [0, 0.05) is 19.6 Å². The van der Waals surface area contributed by atoms with Gasteiger partial charge in [0.1, 0.15) is 6.61 Å². The average molecular weight is 505 g/mol. The van der Waals surface area contributed by atoms with E-state index in [2.05, 4.69) is 5.32 Å². The molecule has 0 saturated heterocycles. The third kappa shape index (κ3) is 12.2. The minimum Gasteiger partial charge on any atom is -0.461 e. The lowest BCUT2D eigenvalue weighted by Crippen LogP contribution is -2.43. The number of nitrogens with one attached hydrogen (secondary N) is 1. The van der Waals surface area contributed by atoms with Crippen molar-refractivity contribution in [1.82, 2.24) is 10.2 Å². The molecule has 0 saturated carbocycles. The smallest absolute Gasteiger partial charge is 0.308 e. The van der Waals surface area contributed by atoms with Crippen LogP contribution >= 0.6 is 0 Å². The highest BCUT2D eigenvalue weighted by Gasteiger charge is 2.18. The summed E-state index contributed by atoms with van der Waals surface area (Å²) in [6, 6.07) is 13.3. The Kier molecular flexibility index (Phi) is 13.7. The van der Waals surface area contributed by atoms with E-state index in [0.29, 0.717) is 38.2 Å². The topological polar surface area (TPSA) is 67.9 Å². The number of carbonyl (C=O) groups excluding carboxylic acids is 2. The molecule has 0 aliphatic rings. The standard InChI is InChI=1S/C28H38F2N2O4/c1-32(2)20-24(19-27(34)36-21-22-11-6-5-7-12-22)31-26(33)15-8-3-4-9-17-35-18-16-23-13-10-14-25(29)28(23)30/h5-7,10-14,24H,3-4,8-9,15-21H2,1-2H3,(H,31,33). The highest BCUT2D eigenvalue weighted by molar-refractivity contribution is 5.77. The number of hydrogen-bond acceptors (Lipinski definition) is 5. The van der Waals surface area contributed by atoms with E-state index in [4.69, 9.17) is 9.47 Å². The summed E-state index contributed by atoms with van der Waals surface area (Å²) >= 11 is 0. The van der Waals surface area contributed by atoms with Crippen LogP contribution in [0.3, 0.4) is 0 Å². The Morgan fingerprint density at radius 1 is 0.944 bits per heavy atom. The summed E-state index contributed by atoms with van der Waals surface area (Å²) in [7, 11) is 3.79. The molecule has 2 aromatic rings. The molecule has 8 heteroatoms. The molecule has 1 unspecified atom stereocenters. The van der Waals surface area contributed by atoms with Gasteiger partial charge in [0.2, 0.25) is 5.91 Å². The van der Waals surface area contributed by atoms with Crippen molar-refractivity contribution in [2.45, 2.75) is 57.6 Å². The number of carbonyl (C=O) groups is 2. The molecule has 0 spiro atoms. The lowest BCUT2D eigenvalue weighted by Gasteiger charge is -2.22. The molecule has 36 heavy (non-hydrogen) atoms. The van der Waals surface area contributed by atoms with Gasteiger partial charge in [-0.3, -0.25) is 9.59 Å². The summed E-state index contributed by atoms with van der Waals surface area (Å²) in [6.07, 6.45) is 4.21. The summed E-state index contributed by atoms with van der Waals surface area (Å²) in [5.74, 6) is -2.07. The number of halogens is 2. The molecule has 0 aromatic heterocycles. The fourth-order valence-corrected chi connectivity index (χ4v) is 3.77. The van der Waals surface area contributed by atoms with Gasteiger partial charge in [-0.2, -0.15) is 0 Å². The molecular weight excluding hydrogens is 466 g/mol. The lowest BCUT2D eigenvalue weighted by atomic mass is 10.1. The second kappa shape index (κ2) is 16.8. The number of unbranched alkanes of at least 4 members (excludes halogenated alkanes) is 3. The zero-order chi connectivity index (χ0) is 26.2. The Hall–Kier alpha value is -2.84. The van der Waals surface area contributed by atoms with Gasteiger partial charge in [-0.05, 0) is 50.6 Å². The average Bonchev–Trinajstić information content (AvgIpc) is 2.84. The van der Waals surface area contributed by atoms with Crippen molar-refractivity contribution in [1.29, 1.82) is 0 Å². The third-order valence-electron chi connectivity index (χ3n) is 5.60. The van der Waals surface area contributed by atoms with Crippen LogP contribution in [0.25, 0.3) is 0 Å². The Bertz CT molecular complexity index is 925. The molecule has 1 atom stereocenters. The molecule has 6 nitrogen and oxygen atoms in total. The molecule has 0 bridgehead atoms. The van der Waals surface area contributed by atoms with Crippen molar-refractivity contribution < 1.29 is 27.8 Å². The number of likely N-dealkylation sites (N-methyl/N-ethyl adjacent to an activating group) is 1. The van der Waals surface area contributed by atoms with Gasteiger partial charge in [0.25, 0.3) is 0 Å². The molecule has 2 rings (SSSR count). The zero-order valence-corrected chi connectivity index (χ0v) is 21.3. The number of hydrogen-bond donors (Lipinski definition) is 1. The maximum absolute atomic E-state index is 13.6. The van der Waals surface area contributed by atoms with Gasteiger partial charge >= 0.3 is 5.97 Å². The van der Waals surface area contributed by atoms with Crippen LogP contribution in [0, 0.1) is 11.6 Å². The van der Waals surface area contributed by atoms with E-state index in [9.17, 15) is 18.4 Å². The monoisotopic (exact) mass is 504 g/mol. The molecule has 0 fully saturated rings. The molecular formula is C28H38F2N2O4. The van der Waals surface area contributed by atoms with Gasteiger partial charge in [-0.25, -0.2) is 8.78 Å².